The zero-order valence-corrected chi connectivity index (χ0v) is 9.46. The van der Waals surface area contributed by atoms with E-state index < -0.39 is 0 Å². The minimum absolute atomic E-state index is 0.370. The van der Waals surface area contributed by atoms with E-state index in [9.17, 15) is 0 Å². The van der Waals surface area contributed by atoms with E-state index in [-0.39, 0.29) is 0 Å². The fourth-order valence-electron chi connectivity index (χ4n) is 0.932. The first-order valence-electron chi connectivity index (χ1n) is 5.06. The molecule has 0 aromatic rings. The Bertz CT molecular complexity index is 179. The summed E-state index contributed by atoms with van der Waals surface area (Å²) in [4.78, 5) is 4.34. The summed E-state index contributed by atoms with van der Waals surface area (Å²) in [5.74, 6) is 0. The van der Waals surface area contributed by atoms with Gasteiger partial charge in [-0.3, -0.25) is 4.99 Å². The molecule has 0 saturated heterocycles. The third-order valence-corrected chi connectivity index (χ3v) is 1.39. The zero-order chi connectivity index (χ0) is 10.3. The van der Waals surface area contributed by atoms with Gasteiger partial charge in [0.2, 0.25) is 0 Å². The molecule has 0 radical (unpaired) electrons. The molecule has 13 heavy (non-hydrogen) atoms. The van der Waals surface area contributed by atoms with Gasteiger partial charge in [0.05, 0.1) is 0 Å². The Morgan fingerprint density at radius 1 is 1.31 bits per heavy atom. The normalized spacial score (nSPS) is 13.3. The Balaban J connectivity index is 4.18. The molecule has 0 unspecified atom stereocenters. The number of rotatable bonds is 5. The lowest BCUT2D eigenvalue weighted by Gasteiger charge is -2.10. The van der Waals surface area contributed by atoms with Crippen LogP contribution in [0.3, 0.4) is 0 Å². The maximum Gasteiger partial charge on any atom is 0.0483 e. The first kappa shape index (κ1) is 12.2. The Morgan fingerprint density at radius 2 is 1.92 bits per heavy atom. The van der Waals surface area contributed by atoms with Crippen molar-refractivity contribution in [2.75, 3.05) is 0 Å². The molecule has 0 rings (SSSR count). The van der Waals surface area contributed by atoms with E-state index in [2.05, 4.69) is 51.0 Å². The monoisotopic (exact) mass is 182 g/mol. The summed E-state index contributed by atoms with van der Waals surface area (Å²) >= 11 is 0. The van der Waals surface area contributed by atoms with Crippen LogP contribution in [-0.4, -0.2) is 18.3 Å². The molecule has 0 aliphatic carbocycles. The zero-order valence-electron chi connectivity index (χ0n) is 9.46. The van der Waals surface area contributed by atoms with Crippen LogP contribution in [0, 0.1) is 0 Å². The van der Waals surface area contributed by atoms with Gasteiger partial charge in [-0.1, -0.05) is 13.0 Å². The number of aliphatic imine (C=N–C) groups is 1. The van der Waals surface area contributed by atoms with Crippen molar-refractivity contribution in [3.63, 3.8) is 0 Å². The van der Waals surface area contributed by atoms with Gasteiger partial charge >= 0.3 is 0 Å². The van der Waals surface area contributed by atoms with Crippen LogP contribution >= 0.6 is 0 Å². The molecule has 1 N–H and O–H groups in total. The van der Waals surface area contributed by atoms with Crippen LogP contribution in [-0.2, 0) is 0 Å². The first-order chi connectivity index (χ1) is 6.06. The summed E-state index contributed by atoms with van der Waals surface area (Å²) in [5.41, 5.74) is 1.13. The lowest BCUT2D eigenvalue weighted by atomic mass is 10.3. The minimum Gasteiger partial charge on any atom is -0.382 e. The highest BCUT2D eigenvalue weighted by molar-refractivity contribution is 5.77. The highest BCUT2D eigenvalue weighted by Crippen LogP contribution is 1.94. The molecule has 0 aliphatic heterocycles. The average molecular weight is 182 g/mol. The second-order valence-electron chi connectivity index (χ2n) is 3.74. The Hall–Kier alpha value is -0.790. The molecular weight excluding hydrogens is 160 g/mol. The minimum atomic E-state index is 0.370. The SMILES string of the molecule is CCC=C(C=NC(C)C)NC(C)C. The van der Waals surface area contributed by atoms with E-state index in [1.807, 2.05) is 6.21 Å². The summed E-state index contributed by atoms with van der Waals surface area (Å²) in [6.07, 6.45) is 5.12. The van der Waals surface area contributed by atoms with Gasteiger partial charge < -0.3 is 5.32 Å². The third kappa shape index (κ3) is 7.57. The average Bonchev–Trinajstić information content (AvgIpc) is 1.99. The van der Waals surface area contributed by atoms with E-state index in [0.29, 0.717) is 12.1 Å². The standard InChI is InChI=1S/C11H22N2/c1-6-7-11(13-10(4)5)8-12-9(2)3/h7-10,13H,6H2,1-5H3. The molecule has 0 fully saturated rings. The van der Waals surface area contributed by atoms with Crippen molar-refractivity contribution in [3.8, 4) is 0 Å². The van der Waals surface area contributed by atoms with Crippen LogP contribution in [0.5, 0.6) is 0 Å². The van der Waals surface area contributed by atoms with Crippen molar-refractivity contribution in [2.24, 2.45) is 4.99 Å². The molecule has 0 aromatic heterocycles. The number of hydrogen-bond donors (Lipinski definition) is 1. The van der Waals surface area contributed by atoms with Gasteiger partial charge in [0.1, 0.15) is 0 Å². The lowest BCUT2D eigenvalue weighted by Crippen LogP contribution is -2.22. The van der Waals surface area contributed by atoms with Crippen molar-refractivity contribution in [2.45, 2.75) is 53.1 Å². The maximum absolute atomic E-state index is 4.34. The van der Waals surface area contributed by atoms with Crippen molar-refractivity contribution < 1.29 is 0 Å². The van der Waals surface area contributed by atoms with E-state index in [1.165, 1.54) is 0 Å². The van der Waals surface area contributed by atoms with Crippen molar-refractivity contribution in [1.82, 2.24) is 5.32 Å². The molecule has 0 bridgehead atoms. The van der Waals surface area contributed by atoms with Gasteiger partial charge in [0, 0.05) is 24.0 Å². The van der Waals surface area contributed by atoms with Crippen LogP contribution in [0.25, 0.3) is 0 Å². The summed E-state index contributed by atoms with van der Waals surface area (Å²) < 4.78 is 0. The first-order valence-corrected chi connectivity index (χ1v) is 5.06. The second kappa shape index (κ2) is 6.70. The van der Waals surface area contributed by atoms with Crippen LogP contribution in [0.1, 0.15) is 41.0 Å². The fraction of sp³-hybridized carbons (Fsp3) is 0.727. The summed E-state index contributed by atoms with van der Waals surface area (Å²) in [7, 11) is 0. The van der Waals surface area contributed by atoms with Gasteiger partial charge in [-0.05, 0) is 34.1 Å². The molecule has 0 aliphatic rings. The van der Waals surface area contributed by atoms with E-state index >= 15 is 0 Å². The van der Waals surface area contributed by atoms with Gasteiger partial charge in [0.15, 0.2) is 0 Å². The molecule has 0 amide bonds. The number of nitrogens with zero attached hydrogens (tertiary/aromatic N) is 1. The topological polar surface area (TPSA) is 24.4 Å². The maximum atomic E-state index is 4.34. The van der Waals surface area contributed by atoms with Gasteiger partial charge in [-0.25, -0.2) is 0 Å². The molecule has 2 nitrogen and oxygen atoms in total. The highest BCUT2D eigenvalue weighted by Gasteiger charge is 1.95. The van der Waals surface area contributed by atoms with Crippen molar-refractivity contribution >= 4 is 6.21 Å². The number of hydrogen-bond acceptors (Lipinski definition) is 2. The van der Waals surface area contributed by atoms with Crippen molar-refractivity contribution in [1.29, 1.82) is 0 Å². The van der Waals surface area contributed by atoms with Crippen molar-refractivity contribution in [3.05, 3.63) is 11.8 Å². The number of allylic oxidation sites excluding steroid dienone is 2. The molecular formula is C11H22N2. The summed E-state index contributed by atoms with van der Waals surface area (Å²) in [6, 6.07) is 0.839. The van der Waals surface area contributed by atoms with Gasteiger partial charge in [0.25, 0.3) is 0 Å². The van der Waals surface area contributed by atoms with Gasteiger partial charge in [-0.15, -0.1) is 0 Å². The molecule has 0 atom stereocenters. The molecule has 0 heterocycles. The Kier molecular flexibility index (Phi) is 6.29. The Labute approximate surface area is 82.1 Å². The quantitative estimate of drug-likeness (QED) is 0.650. The molecule has 2 heteroatoms. The lowest BCUT2D eigenvalue weighted by molar-refractivity contribution is 0.685. The van der Waals surface area contributed by atoms with Crippen LogP contribution in [0.15, 0.2) is 16.8 Å². The van der Waals surface area contributed by atoms with E-state index in [4.69, 9.17) is 0 Å². The summed E-state index contributed by atoms with van der Waals surface area (Å²) in [6.45, 7) is 10.6. The third-order valence-electron chi connectivity index (χ3n) is 1.39. The fourth-order valence-corrected chi connectivity index (χ4v) is 0.932. The predicted molar refractivity (Wildman–Crippen MR) is 60.3 cm³/mol. The highest BCUT2D eigenvalue weighted by atomic mass is 14.9. The number of nitrogens with one attached hydrogen (secondary N) is 1. The Morgan fingerprint density at radius 3 is 2.31 bits per heavy atom. The second-order valence-corrected chi connectivity index (χ2v) is 3.74. The molecule has 0 spiro atoms. The largest absolute Gasteiger partial charge is 0.382 e. The molecule has 0 aromatic carbocycles. The molecule has 76 valence electrons. The predicted octanol–water partition coefficient (Wildman–Crippen LogP) is 2.76. The van der Waals surface area contributed by atoms with Gasteiger partial charge in [-0.2, -0.15) is 0 Å². The van der Waals surface area contributed by atoms with Crippen LogP contribution in [0.2, 0.25) is 0 Å². The van der Waals surface area contributed by atoms with E-state index in [0.717, 1.165) is 12.1 Å². The van der Waals surface area contributed by atoms with Crippen LogP contribution < -0.4 is 5.32 Å². The summed E-state index contributed by atoms with van der Waals surface area (Å²) in [5, 5.41) is 3.35. The van der Waals surface area contributed by atoms with Crippen LogP contribution in [0.4, 0.5) is 0 Å². The smallest absolute Gasteiger partial charge is 0.0483 e. The van der Waals surface area contributed by atoms with E-state index in [1.54, 1.807) is 0 Å². The molecule has 0 saturated carbocycles.